The number of hydrogen-bond donors (Lipinski definition) is 2. The molecule has 1 aromatic heterocycles. The molecule has 0 radical (unpaired) electrons. The molecule has 2 aromatic rings. The van der Waals surface area contributed by atoms with Crippen LogP contribution < -0.4 is 11.1 Å². The summed E-state index contributed by atoms with van der Waals surface area (Å²) in [6, 6.07) is 10.7. The Kier molecular flexibility index (Phi) is 4.27. The zero-order chi connectivity index (χ0) is 13.5. The van der Waals surface area contributed by atoms with E-state index in [0.717, 1.165) is 5.56 Å². The van der Waals surface area contributed by atoms with Gasteiger partial charge in [0.15, 0.2) is 0 Å². The molecule has 3 N–H and O–H groups in total. The first-order valence-electron chi connectivity index (χ1n) is 5.80. The van der Waals surface area contributed by atoms with Crippen LogP contribution in [0.1, 0.15) is 15.9 Å². The second-order valence-corrected chi connectivity index (χ2v) is 3.78. The van der Waals surface area contributed by atoms with E-state index >= 15 is 0 Å². The van der Waals surface area contributed by atoms with E-state index in [9.17, 15) is 4.79 Å². The van der Waals surface area contributed by atoms with Gasteiger partial charge in [-0.2, -0.15) is 0 Å². The SMILES string of the molecule is NCC#Cc1ccc(NC(=O)c2cccnc2)cc1. The van der Waals surface area contributed by atoms with Crippen molar-refractivity contribution in [3.05, 3.63) is 59.9 Å². The summed E-state index contributed by atoms with van der Waals surface area (Å²) in [5.74, 6) is 5.51. The first-order valence-corrected chi connectivity index (χ1v) is 5.80. The Morgan fingerprint density at radius 2 is 2.05 bits per heavy atom. The number of carbonyl (C=O) groups is 1. The Balaban J connectivity index is 2.06. The zero-order valence-electron chi connectivity index (χ0n) is 10.3. The van der Waals surface area contributed by atoms with Crippen molar-refractivity contribution in [3.63, 3.8) is 0 Å². The molecule has 0 fully saturated rings. The van der Waals surface area contributed by atoms with Crippen molar-refractivity contribution in [2.75, 3.05) is 11.9 Å². The Morgan fingerprint density at radius 1 is 1.26 bits per heavy atom. The normalized spacial score (nSPS) is 9.32. The Morgan fingerprint density at radius 3 is 2.68 bits per heavy atom. The molecule has 0 aliphatic rings. The predicted octanol–water partition coefficient (Wildman–Crippen LogP) is 1.64. The lowest BCUT2D eigenvalue weighted by Gasteiger charge is -2.04. The number of benzene rings is 1. The van der Waals surface area contributed by atoms with Crippen LogP contribution in [0.2, 0.25) is 0 Å². The van der Waals surface area contributed by atoms with Crippen molar-refractivity contribution in [1.82, 2.24) is 4.98 Å². The summed E-state index contributed by atoms with van der Waals surface area (Å²) in [4.78, 5) is 15.8. The zero-order valence-corrected chi connectivity index (χ0v) is 10.3. The summed E-state index contributed by atoms with van der Waals surface area (Å²) in [6.45, 7) is 0.333. The lowest BCUT2D eigenvalue weighted by Crippen LogP contribution is -2.11. The molecule has 0 bridgehead atoms. The van der Waals surface area contributed by atoms with Crippen LogP contribution in [0.4, 0.5) is 5.69 Å². The molecule has 0 spiro atoms. The summed E-state index contributed by atoms with van der Waals surface area (Å²) < 4.78 is 0. The molecule has 2 rings (SSSR count). The molecule has 1 aromatic carbocycles. The van der Waals surface area contributed by atoms with Gasteiger partial charge in [0.2, 0.25) is 0 Å². The molecule has 4 heteroatoms. The van der Waals surface area contributed by atoms with Crippen LogP contribution in [0.25, 0.3) is 0 Å². The van der Waals surface area contributed by atoms with Gasteiger partial charge in [-0.25, -0.2) is 0 Å². The molecule has 1 heterocycles. The van der Waals surface area contributed by atoms with Gasteiger partial charge in [-0.15, -0.1) is 0 Å². The molecule has 0 saturated heterocycles. The summed E-state index contributed by atoms with van der Waals surface area (Å²) in [7, 11) is 0. The third-order valence-electron chi connectivity index (χ3n) is 2.40. The smallest absolute Gasteiger partial charge is 0.257 e. The first-order chi connectivity index (χ1) is 9.29. The molecular weight excluding hydrogens is 238 g/mol. The summed E-state index contributed by atoms with van der Waals surface area (Å²) in [5.41, 5.74) is 7.40. The van der Waals surface area contributed by atoms with Crippen LogP contribution in [0.3, 0.4) is 0 Å². The highest BCUT2D eigenvalue weighted by Gasteiger charge is 2.04. The Labute approximate surface area is 111 Å². The topological polar surface area (TPSA) is 68.0 Å². The van der Waals surface area contributed by atoms with E-state index in [1.54, 1.807) is 30.5 Å². The van der Waals surface area contributed by atoms with Crippen LogP contribution in [-0.2, 0) is 0 Å². The van der Waals surface area contributed by atoms with E-state index in [1.165, 1.54) is 6.20 Å². The summed E-state index contributed by atoms with van der Waals surface area (Å²) >= 11 is 0. The van der Waals surface area contributed by atoms with Crippen molar-refractivity contribution in [2.45, 2.75) is 0 Å². The van der Waals surface area contributed by atoms with Gasteiger partial charge in [0.25, 0.3) is 5.91 Å². The van der Waals surface area contributed by atoms with Gasteiger partial charge in [0, 0.05) is 23.6 Å². The van der Waals surface area contributed by atoms with Gasteiger partial charge in [-0.05, 0) is 36.4 Å². The molecule has 1 amide bonds. The molecule has 4 nitrogen and oxygen atoms in total. The number of rotatable bonds is 2. The van der Waals surface area contributed by atoms with E-state index in [1.807, 2.05) is 12.1 Å². The molecule has 94 valence electrons. The van der Waals surface area contributed by atoms with E-state index < -0.39 is 0 Å². The molecule has 0 unspecified atom stereocenters. The maximum absolute atomic E-state index is 11.9. The fourth-order valence-corrected chi connectivity index (χ4v) is 1.49. The van der Waals surface area contributed by atoms with Gasteiger partial charge in [0.1, 0.15) is 0 Å². The highest BCUT2D eigenvalue weighted by molar-refractivity contribution is 6.04. The third kappa shape index (κ3) is 3.66. The minimum absolute atomic E-state index is 0.186. The number of anilines is 1. The molecule has 0 atom stereocenters. The first kappa shape index (κ1) is 12.8. The number of pyridine rings is 1. The molecule has 0 aliphatic heterocycles. The fourth-order valence-electron chi connectivity index (χ4n) is 1.49. The van der Waals surface area contributed by atoms with E-state index in [2.05, 4.69) is 22.1 Å². The number of amides is 1. The number of nitrogens with two attached hydrogens (primary N) is 1. The number of hydrogen-bond acceptors (Lipinski definition) is 3. The maximum Gasteiger partial charge on any atom is 0.257 e. The van der Waals surface area contributed by atoms with Crippen LogP contribution in [0, 0.1) is 11.8 Å². The summed E-state index contributed by atoms with van der Waals surface area (Å²) in [6.07, 6.45) is 3.15. The van der Waals surface area contributed by atoms with Crippen molar-refractivity contribution in [3.8, 4) is 11.8 Å². The van der Waals surface area contributed by atoms with Crippen molar-refractivity contribution >= 4 is 11.6 Å². The molecular formula is C15H13N3O. The number of nitrogens with one attached hydrogen (secondary N) is 1. The summed E-state index contributed by atoms with van der Waals surface area (Å²) in [5, 5.41) is 2.79. The predicted molar refractivity (Wildman–Crippen MR) is 74.6 cm³/mol. The standard InChI is InChI=1S/C15H13N3O/c16-9-1-3-12-5-7-14(8-6-12)18-15(19)13-4-2-10-17-11-13/h2,4-8,10-11H,9,16H2,(H,18,19). The highest BCUT2D eigenvalue weighted by Crippen LogP contribution is 2.10. The van der Waals surface area contributed by atoms with Crippen LogP contribution >= 0.6 is 0 Å². The average Bonchev–Trinajstić information content (AvgIpc) is 2.47. The highest BCUT2D eigenvalue weighted by atomic mass is 16.1. The Bertz CT molecular complexity index is 609. The van der Waals surface area contributed by atoms with Crippen LogP contribution in [0.5, 0.6) is 0 Å². The van der Waals surface area contributed by atoms with Gasteiger partial charge in [-0.1, -0.05) is 11.8 Å². The number of carbonyl (C=O) groups excluding carboxylic acids is 1. The second kappa shape index (κ2) is 6.34. The second-order valence-electron chi connectivity index (χ2n) is 3.78. The average molecular weight is 251 g/mol. The van der Waals surface area contributed by atoms with Crippen LogP contribution in [0.15, 0.2) is 48.8 Å². The van der Waals surface area contributed by atoms with Gasteiger partial charge in [0.05, 0.1) is 12.1 Å². The van der Waals surface area contributed by atoms with Crippen LogP contribution in [-0.4, -0.2) is 17.4 Å². The maximum atomic E-state index is 11.9. The minimum Gasteiger partial charge on any atom is -0.322 e. The largest absolute Gasteiger partial charge is 0.322 e. The number of nitrogens with zero attached hydrogens (tertiary/aromatic N) is 1. The third-order valence-corrected chi connectivity index (χ3v) is 2.40. The minimum atomic E-state index is -0.186. The van der Waals surface area contributed by atoms with E-state index in [-0.39, 0.29) is 5.91 Å². The van der Waals surface area contributed by atoms with Crippen molar-refractivity contribution in [2.24, 2.45) is 5.73 Å². The lowest BCUT2D eigenvalue weighted by atomic mass is 10.2. The monoisotopic (exact) mass is 251 g/mol. The van der Waals surface area contributed by atoms with Crippen molar-refractivity contribution < 1.29 is 4.79 Å². The molecule has 0 aliphatic carbocycles. The number of aromatic nitrogens is 1. The van der Waals surface area contributed by atoms with E-state index in [0.29, 0.717) is 17.8 Å². The van der Waals surface area contributed by atoms with Gasteiger partial charge < -0.3 is 11.1 Å². The quantitative estimate of drug-likeness (QED) is 0.797. The Hall–Kier alpha value is -2.64. The molecule has 0 saturated carbocycles. The molecule has 19 heavy (non-hydrogen) atoms. The van der Waals surface area contributed by atoms with E-state index in [4.69, 9.17) is 5.73 Å². The lowest BCUT2D eigenvalue weighted by molar-refractivity contribution is 0.102. The van der Waals surface area contributed by atoms with Gasteiger partial charge >= 0.3 is 0 Å². The fraction of sp³-hybridized carbons (Fsp3) is 0.0667. The van der Waals surface area contributed by atoms with Gasteiger partial charge in [-0.3, -0.25) is 9.78 Å². The van der Waals surface area contributed by atoms with Crippen molar-refractivity contribution in [1.29, 1.82) is 0 Å².